The molecule has 2 amide bonds. The SMILES string of the molecule is CCCc1c(C(=O)Nc2ccc(C(=O)N3CCc4ccccc43)cc2)[nH]c(C)c1C(C)=O. The summed E-state index contributed by atoms with van der Waals surface area (Å²) in [6.45, 7) is 6.01. The van der Waals surface area contributed by atoms with Crippen LogP contribution in [0.4, 0.5) is 11.4 Å². The molecule has 3 aromatic rings. The molecule has 0 unspecified atom stereocenters. The molecule has 6 nitrogen and oxygen atoms in total. The van der Waals surface area contributed by atoms with E-state index in [1.165, 1.54) is 12.5 Å². The van der Waals surface area contributed by atoms with E-state index in [2.05, 4.69) is 10.3 Å². The van der Waals surface area contributed by atoms with Crippen molar-refractivity contribution in [1.82, 2.24) is 4.98 Å². The molecular weight excluding hydrogens is 402 g/mol. The predicted molar refractivity (Wildman–Crippen MR) is 126 cm³/mol. The number of hydrogen-bond acceptors (Lipinski definition) is 3. The smallest absolute Gasteiger partial charge is 0.272 e. The first-order chi connectivity index (χ1) is 15.4. The van der Waals surface area contributed by atoms with Gasteiger partial charge in [0.05, 0.1) is 0 Å². The van der Waals surface area contributed by atoms with Crippen LogP contribution in [0, 0.1) is 6.92 Å². The summed E-state index contributed by atoms with van der Waals surface area (Å²) in [6, 6.07) is 14.9. The van der Waals surface area contributed by atoms with Crippen molar-refractivity contribution in [2.45, 2.75) is 40.0 Å². The van der Waals surface area contributed by atoms with E-state index in [0.717, 1.165) is 24.1 Å². The maximum atomic E-state index is 13.0. The summed E-state index contributed by atoms with van der Waals surface area (Å²) in [6.07, 6.45) is 2.33. The number of para-hydroxylation sites is 1. The molecule has 4 rings (SSSR count). The van der Waals surface area contributed by atoms with Crippen molar-refractivity contribution in [2.24, 2.45) is 0 Å². The highest BCUT2D eigenvalue weighted by Crippen LogP contribution is 2.29. The van der Waals surface area contributed by atoms with Gasteiger partial charge < -0.3 is 15.2 Å². The number of H-pyrrole nitrogens is 1. The molecule has 2 heterocycles. The van der Waals surface area contributed by atoms with E-state index in [9.17, 15) is 14.4 Å². The van der Waals surface area contributed by atoms with Gasteiger partial charge in [0.2, 0.25) is 0 Å². The lowest BCUT2D eigenvalue weighted by molar-refractivity contribution is 0.0986. The molecule has 32 heavy (non-hydrogen) atoms. The number of aromatic amines is 1. The summed E-state index contributed by atoms with van der Waals surface area (Å²) < 4.78 is 0. The number of aromatic nitrogens is 1. The average molecular weight is 430 g/mol. The summed E-state index contributed by atoms with van der Waals surface area (Å²) in [5.41, 5.74) is 5.79. The van der Waals surface area contributed by atoms with Crippen LogP contribution in [0.3, 0.4) is 0 Å². The van der Waals surface area contributed by atoms with Crippen LogP contribution in [-0.4, -0.2) is 29.1 Å². The number of nitrogens with one attached hydrogen (secondary N) is 2. The van der Waals surface area contributed by atoms with E-state index in [4.69, 9.17) is 0 Å². The van der Waals surface area contributed by atoms with Crippen LogP contribution in [0.5, 0.6) is 0 Å². The molecule has 0 saturated heterocycles. The monoisotopic (exact) mass is 429 g/mol. The Morgan fingerprint density at radius 2 is 1.78 bits per heavy atom. The van der Waals surface area contributed by atoms with Gasteiger partial charge in [-0.3, -0.25) is 14.4 Å². The molecule has 2 N–H and O–H groups in total. The number of fused-ring (bicyclic) bond motifs is 1. The van der Waals surface area contributed by atoms with Gasteiger partial charge in [-0.2, -0.15) is 0 Å². The number of anilines is 2. The van der Waals surface area contributed by atoms with Crippen LogP contribution < -0.4 is 10.2 Å². The molecule has 6 heteroatoms. The van der Waals surface area contributed by atoms with E-state index in [1.807, 2.05) is 38.1 Å². The summed E-state index contributed by atoms with van der Waals surface area (Å²) in [7, 11) is 0. The largest absolute Gasteiger partial charge is 0.354 e. The van der Waals surface area contributed by atoms with Crippen LogP contribution in [0.2, 0.25) is 0 Å². The summed E-state index contributed by atoms with van der Waals surface area (Å²) >= 11 is 0. The highest BCUT2D eigenvalue weighted by atomic mass is 16.2. The zero-order chi connectivity index (χ0) is 22.8. The maximum absolute atomic E-state index is 13.0. The molecule has 0 radical (unpaired) electrons. The fraction of sp³-hybridized carbons (Fsp3) is 0.269. The lowest BCUT2D eigenvalue weighted by atomic mass is 10.0. The molecule has 0 spiro atoms. The van der Waals surface area contributed by atoms with E-state index < -0.39 is 0 Å². The highest BCUT2D eigenvalue weighted by Gasteiger charge is 2.25. The molecule has 0 bridgehead atoms. The van der Waals surface area contributed by atoms with Gasteiger partial charge in [-0.15, -0.1) is 0 Å². The number of aryl methyl sites for hydroxylation is 1. The average Bonchev–Trinajstić information content (AvgIpc) is 3.35. The van der Waals surface area contributed by atoms with Gasteiger partial charge in [0.1, 0.15) is 5.69 Å². The minimum atomic E-state index is -0.295. The third-order valence-electron chi connectivity index (χ3n) is 5.89. The Hall–Kier alpha value is -3.67. The third kappa shape index (κ3) is 3.96. The molecular formula is C26H27N3O3. The second kappa shape index (κ2) is 8.83. The molecule has 0 fully saturated rings. The minimum absolute atomic E-state index is 0.0485. The number of rotatable bonds is 6. The minimum Gasteiger partial charge on any atom is -0.354 e. The number of amides is 2. The predicted octanol–water partition coefficient (Wildman–Crippen LogP) is 4.93. The van der Waals surface area contributed by atoms with Crippen molar-refractivity contribution in [2.75, 3.05) is 16.8 Å². The fourth-order valence-electron chi connectivity index (χ4n) is 4.44. The normalized spacial score (nSPS) is 12.5. The molecule has 2 aromatic carbocycles. The summed E-state index contributed by atoms with van der Waals surface area (Å²) in [5.74, 6) is -0.395. The summed E-state index contributed by atoms with van der Waals surface area (Å²) in [4.78, 5) is 42.9. The molecule has 0 saturated carbocycles. The van der Waals surface area contributed by atoms with Crippen molar-refractivity contribution >= 4 is 29.0 Å². The Morgan fingerprint density at radius 3 is 2.47 bits per heavy atom. The van der Waals surface area contributed by atoms with Crippen molar-refractivity contribution in [3.8, 4) is 0 Å². The molecule has 1 aliphatic heterocycles. The van der Waals surface area contributed by atoms with Gasteiger partial charge in [0.25, 0.3) is 11.8 Å². The van der Waals surface area contributed by atoms with Crippen LogP contribution >= 0.6 is 0 Å². The van der Waals surface area contributed by atoms with Gasteiger partial charge in [-0.1, -0.05) is 31.5 Å². The first kappa shape index (κ1) is 21.6. The van der Waals surface area contributed by atoms with Crippen LogP contribution in [0.25, 0.3) is 0 Å². The molecule has 164 valence electrons. The molecule has 1 aliphatic rings. The Morgan fingerprint density at radius 1 is 1.06 bits per heavy atom. The second-order valence-corrected chi connectivity index (χ2v) is 8.15. The molecule has 0 aliphatic carbocycles. The summed E-state index contributed by atoms with van der Waals surface area (Å²) in [5, 5.41) is 2.88. The van der Waals surface area contributed by atoms with E-state index in [1.54, 1.807) is 29.2 Å². The van der Waals surface area contributed by atoms with Crippen LogP contribution in [0.15, 0.2) is 48.5 Å². The fourth-order valence-corrected chi connectivity index (χ4v) is 4.44. The van der Waals surface area contributed by atoms with Gasteiger partial charge in [0, 0.05) is 34.7 Å². The number of benzene rings is 2. The van der Waals surface area contributed by atoms with E-state index in [-0.39, 0.29) is 17.6 Å². The quantitative estimate of drug-likeness (QED) is 0.545. The number of carbonyl (C=O) groups is 3. The van der Waals surface area contributed by atoms with Crippen LogP contribution in [0.1, 0.15) is 68.3 Å². The van der Waals surface area contributed by atoms with Crippen molar-refractivity contribution in [3.05, 3.63) is 82.2 Å². The van der Waals surface area contributed by atoms with Crippen molar-refractivity contribution < 1.29 is 14.4 Å². The van der Waals surface area contributed by atoms with Gasteiger partial charge in [-0.05, 0) is 68.1 Å². The standard InChI is InChI=1S/C26H27N3O3/c1-4-7-21-23(17(3)30)16(2)27-24(21)25(31)28-20-12-10-19(11-13-20)26(32)29-15-14-18-8-5-6-9-22(18)29/h5-6,8-13,27H,4,7,14-15H2,1-3H3,(H,28,31). The number of Topliss-reactive ketones (excluding diaryl/α,β-unsaturated/α-hetero) is 1. The first-order valence-corrected chi connectivity index (χ1v) is 10.9. The van der Waals surface area contributed by atoms with Gasteiger partial charge in [0.15, 0.2) is 5.78 Å². The Balaban J connectivity index is 1.51. The number of nitrogens with zero attached hydrogens (tertiary/aromatic N) is 1. The first-order valence-electron chi connectivity index (χ1n) is 10.9. The maximum Gasteiger partial charge on any atom is 0.272 e. The van der Waals surface area contributed by atoms with E-state index in [0.29, 0.717) is 41.2 Å². The second-order valence-electron chi connectivity index (χ2n) is 8.15. The lowest BCUT2D eigenvalue weighted by Crippen LogP contribution is -2.28. The van der Waals surface area contributed by atoms with Gasteiger partial charge >= 0.3 is 0 Å². The Labute approximate surface area is 187 Å². The number of ketones is 1. The molecule has 1 aromatic heterocycles. The lowest BCUT2D eigenvalue weighted by Gasteiger charge is -2.17. The van der Waals surface area contributed by atoms with Crippen molar-refractivity contribution in [3.63, 3.8) is 0 Å². The number of carbonyl (C=O) groups excluding carboxylic acids is 3. The zero-order valence-corrected chi connectivity index (χ0v) is 18.6. The Bertz CT molecular complexity index is 1190. The van der Waals surface area contributed by atoms with Crippen LogP contribution in [-0.2, 0) is 12.8 Å². The Kier molecular flexibility index (Phi) is 5.95. The van der Waals surface area contributed by atoms with E-state index >= 15 is 0 Å². The number of hydrogen-bond donors (Lipinski definition) is 2. The van der Waals surface area contributed by atoms with Crippen molar-refractivity contribution in [1.29, 1.82) is 0 Å². The topological polar surface area (TPSA) is 82.3 Å². The zero-order valence-electron chi connectivity index (χ0n) is 18.6. The third-order valence-corrected chi connectivity index (χ3v) is 5.89. The highest BCUT2D eigenvalue weighted by molar-refractivity contribution is 6.09. The van der Waals surface area contributed by atoms with Gasteiger partial charge in [-0.25, -0.2) is 0 Å². The molecule has 0 atom stereocenters.